The third kappa shape index (κ3) is 13.7. The van der Waals surface area contributed by atoms with Crippen molar-refractivity contribution in [3.8, 4) is 23.0 Å². The molecule has 0 fully saturated rings. The number of fused-ring (bicyclic) bond motifs is 2. The van der Waals surface area contributed by atoms with Crippen LogP contribution in [0.4, 0.5) is 34.1 Å². The summed E-state index contributed by atoms with van der Waals surface area (Å²) in [6.45, 7) is 7.63. The summed E-state index contributed by atoms with van der Waals surface area (Å²) in [5, 5.41) is 58.6. The molecule has 0 spiro atoms. The molecule has 380 valence electrons. The Morgan fingerprint density at radius 2 is 1.07 bits per heavy atom. The topological polar surface area (TPSA) is 284 Å². The van der Waals surface area contributed by atoms with Gasteiger partial charge in [-0.25, -0.2) is 0 Å². The number of ether oxygens (including phenoxy) is 2. The van der Waals surface area contributed by atoms with Crippen LogP contribution in [0.15, 0.2) is 169 Å². The minimum atomic E-state index is -4.69. The molecular weight excluding hydrogens is 1170 g/mol. The van der Waals surface area contributed by atoms with Crippen LogP contribution in [-0.2, 0) is 20.2 Å². The number of azo groups is 2. The number of hydrogen-bond donors (Lipinski definition) is 4. The molecule has 0 atom stereocenters. The first-order chi connectivity index (χ1) is 35.2. The molecule has 0 saturated carbocycles. The average Bonchev–Trinajstić information content (AvgIpc) is 3.35. The maximum atomic E-state index is 13.4. The van der Waals surface area contributed by atoms with Crippen molar-refractivity contribution in [1.82, 2.24) is 0 Å². The molecule has 8 rings (SSSR count). The Hall–Kier alpha value is -6.41. The summed E-state index contributed by atoms with van der Waals surface area (Å²) in [6.07, 6.45) is 0. The van der Waals surface area contributed by atoms with Gasteiger partial charge < -0.3 is 30.1 Å². The smallest absolute Gasteiger partial charge is 0.871 e. The molecule has 0 heterocycles. The Balaban J connectivity index is 0.000000241. The van der Waals surface area contributed by atoms with E-state index in [0.717, 1.165) is 12.1 Å². The fourth-order valence-corrected chi connectivity index (χ4v) is 8.99. The molecule has 0 aliphatic heterocycles. The molecule has 75 heavy (non-hydrogen) atoms. The second kappa shape index (κ2) is 25.0. The summed E-state index contributed by atoms with van der Waals surface area (Å²) in [7, 11) is -9.36. The standard InChI is InChI=1S/2C26H22ClN3O6S.Ba/c2*1-3-36-22-11-7-6-10-20(22)28-26(32)18-13-16-8-4-5-9-17(16)24(25(18)31)30-29-21-12-15(2)19(27)14-23(21)37(33,34)35;/h2*4-14,31H,3H2,1-2H3,(H,28,32)(H,33,34,35);/q;;+2/p-2. The molecule has 23 heteroatoms. The molecule has 4 N–H and O–H groups in total. The van der Waals surface area contributed by atoms with Gasteiger partial charge in [-0.15, -0.1) is 15.3 Å². The van der Waals surface area contributed by atoms with E-state index in [1.807, 2.05) is 6.92 Å². The van der Waals surface area contributed by atoms with E-state index in [1.54, 1.807) is 118 Å². The van der Waals surface area contributed by atoms with Gasteiger partial charge in [0.05, 0.1) is 30.2 Å². The molecular formula is C52H42BaCl2N6O12S2. The van der Waals surface area contributed by atoms with E-state index in [4.69, 9.17) is 32.7 Å². The van der Waals surface area contributed by atoms with Gasteiger partial charge in [-0.1, -0.05) is 102 Å². The van der Waals surface area contributed by atoms with Gasteiger partial charge in [0.2, 0.25) is 0 Å². The van der Waals surface area contributed by atoms with Gasteiger partial charge in [0.25, 0.3) is 26.1 Å². The molecule has 0 bridgehead atoms. The quantitative estimate of drug-likeness (QED) is 0.0260. The van der Waals surface area contributed by atoms with Crippen LogP contribution in [0.5, 0.6) is 23.0 Å². The van der Waals surface area contributed by atoms with E-state index in [-0.39, 0.29) is 98.5 Å². The summed E-state index contributed by atoms with van der Waals surface area (Å²) in [4.78, 5) is 16.2. The summed E-state index contributed by atoms with van der Waals surface area (Å²) in [5.74, 6) is -1.78. The molecule has 8 aromatic rings. The molecule has 18 nitrogen and oxygen atoms in total. The number of rotatable bonds is 14. The van der Waals surface area contributed by atoms with Crippen molar-refractivity contribution in [3.63, 3.8) is 0 Å². The van der Waals surface area contributed by atoms with Crippen molar-refractivity contribution in [2.75, 3.05) is 18.5 Å². The Bertz CT molecular complexity index is 3830. The van der Waals surface area contributed by atoms with Gasteiger partial charge in [-0.3, -0.25) is 18.9 Å². The molecule has 0 aromatic heterocycles. The van der Waals surface area contributed by atoms with Crippen LogP contribution >= 0.6 is 23.2 Å². The van der Waals surface area contributed by atoms with E-state index >= 15 is 0 Å². The van der Waals surface area contributed by atoms with Gasteiger partial charge in [0.15, 0.2) is 5.75 Å². The van der Waals surface area contributed by atoms with E-state index in [2.05, 4.69) is 30.8 Å². The zero-order chi connectivity index (χ0) is 53.5. The molecule has 0 saturated heterocycles. The Morgan fingerprint density at radius 3 is 1.61 bits per heavy atom. The zero-order valence-electron chi connectivity index (χ0n) is 40.1. The average molecular weight is 1220 g/mol. The number of anilines is 1. The Morgan fingerprint density at radius 1 is 0.613 bits per heavy atom. The number of aliphatic imine (C=N–C) groups is 1. The van der Waals surface area contributed by atoms with Gasteiger partial charge in [-0.2, -0.15) is 21.9 Å². The van der Waals surface area contributed by atoms with Crippen LogP contribution in [0.2, 0.25) is 10.0 Å². The van der Waals surface area contributed by atoms with Crippen molar-refractivity contribution in [3.05, 3.63) is 166 Å². The third-order valence-electron chi connectivity index (χ3n) is 10.8. The Labute approximate surface area is 481 Å². The Kier molecular flexibility index (Phi) is 19.3. The summed E-state index contributed by atoms with van der Waals surface area (Å²) in [5.41, 5.74) is 0.665. The predicted molar refractivity (Wildman–Crippen MR) is 284 cm³/mol. The van der Waals surface area contributed by atoms with Gasteiger partial charge in [0.1, 0.15) is 44.0 Å². The number of carbonyl (C=O) groups is 1. The monoisotopic (exact) mass is 1210 g/mol. The number of hydrogen-bond acceptors (Lipinski definition) is 15. The number of halogens is 2. The first-order valence-electron chi connectivity index (χ1n) is 22.1. The number of benzene rings is 8. The number of phenolic OH excluding ortho intramolecular Hbond substituents is 1. The van der Waals surface area contributed by atoms with Gasteiger partial charge in [0, 0.05) is 20.8 Å². The van der Waals surface area contributed by atoms with Crippen LogP contribution in [0.25, 0.3) is 21.5 Å². The van der Waals surface area contributed by atoms with Crippen molar-refractivity contribution in [2.24, 2.45) is 25.4 Å². The van der Waals surface area contributed by atoms with Crippen LogP contribution in [-0.4, -0.2) is 105 Å². The number of aromatic hydroxyl groups is 1. The molecule has 8 aromatic carbocycles. The molecule has 1 amide bonds. The van der Waals surface area contributed by atoms with Crippen molar-refractivity contribution in [1.29, 1.82) is 0 Å². The number of amides is 1. The number of aryl methyl sites for hydroxylation is 2. The molecule has 0 aliphatic carbocycles. The normalized spacial score (nSPS) is 11.9. The maximum Gasteiger partial charge on any atom is 2.00 e. The first-order valence-corrected chi connectivity index (χ1v) is 25.7. The zero-order valence-corrected chi connectivity index (χ0v) is 47.7. The van der Waals surface area contributed by atoms with E-state index in [0.29, 0.717) is 63.1 Å². The molecule has 0 radical (unpaired) electrons. The van der Waals surface area contributed by atoms with Crippen LogP contribution in [0.1, 0.15) is 40.9 Å². The SMILES string of the molecule is CCOc1ccccc1N=C([O-])c1cc2ccccc2c(N=Nc2cc(C)c(Cl)cc2S(=O)(=O)O)c1[O-].CCOc1ccccc1NC(=O)c1cc2ccccc2c(N=Nc2cc(C)c(Cl)cc2S(=O)(=O)O)c1O.[Ba+2]. The minimum Gasteiger partial charge on any atom is -0.871 e. The van der Waals surface area contributed by atoms with Crippen molar-refractivity contribution >= 4 is 160 Å². The maximum absolute atomic E-state index is 13.4. The van der Waals surface area contributed by atoms with Crippen LogP contribution < -0.4 is 25.0 Å². The first kappa shape index (κ1) is 57.9. The van der Waals surface area contributed by atoms with Crippen LogP contribution in [0, 0.1) is 13.8 Å². The second-order valence-corrected chi connectivity index (χ2v) is 19.4. The molecule has 0 unspecified atom stereocenters. The number of nitrogens with zero attached hydrogens (tertiary/aromatic N) is 5. The number of carbonyl (C=O) groups excluding carboxylic acids is 1. The number of para-hydroxylation sites is 4. The van der Waals surface area contributed by atoms with Crippen molar-refractivity contribution in [2.45, 2.75) is 37.5 Å². The van der Waals surface area contributed by atoms with E-state index < -0.39 is 53.3 Å². The molecule has 0 aliphatic rings. The van der Waals surface area contributed by atoms with E-state index in [1.165, 1.54) is 24.3 Å². The fourth-order valence-electron chi connectivity index (χ4n) is 7.27. The van der Waals surface area contributed by atoms with Gasteiger partial charge >= 0.3 is 48.9 Å². The summed E-state index contributed by atoms with van der Waals surface area (Å²) < 4.78 is 77.8. The van der Waals surface area contributed by atoms with Gasteiger partial charge in [-0.05, 0) is 122 Å². The predicted octanol–water partition coefficient (Wildman–Crippen LogP) is 11.8. The summed E-state index contributed by atoms with van der Waals surface area (Å²) in [6, 6.07) is 34.9. The minimum absolute atomic E-state index is 0. The third-order valence-corrected chi connectivity index (χ3v) is 13.4. The summed E-state index contributed by atoms with van der Waals surface area (Å²) >= 11 is 12.0. The van der Waals surface area contributed by atoms with E-state index in [9.17, 15) is 46.1 Å². The second-order valence-electron chi connectivity index (χ2n) is 15.9. The fraction of sp³-hybridized carbons (Fsp3) is 0.115. The van der Waals surface area contributed by atoms with Crippen molar-refractivity contribution < 1.29 is 55.5 Å². The van der Waals surface area contributed by atoms with Crippen LogP contribution in [0.3, 0.4) is 0 Å². The largest absolute Gasteiger partial charge is 2.00 e. The number of nitrogens with one attached hydrogen (secondary N) is 1. The number of phenols is 1.